The summed E-state index contributed by atoms with van der Waals surface area (Å²) in [6, 6.07) is 14.8. The van der Waals surface area contributed by atoms with Gasteiger partial charge in [0.2, 0.25) is 10.0 Å². The van der Waals surface area contributed by atoms with Crippen LogP contribution in [-0.2, 0) is 10.0 Å². The van der Waals surface area contributed by atoms with Gasteiger partial charge in [0.15, 0.2) is 0 Å². The van der Waals surface area contributed by atoms with Crippen LogP contribution in [0.4, 0.5) is 11.4 Å². The number of aryl methyl sites for hydroxylation is 1. The number of amides is 1. The van der Waals surface area contributed by atoms with Crippen LogP contribution < -0.4 is 9.62 Å². The minimum atomic E-state index is -3.32. The maximum Gasteiger partial charge on any atom is 0.265 e. The highest BCUT2D eigenvalue weighted by molar-refractivity contribution is 7.92. The van der Waals surface area contributed by atoms with Crippen molar-refractivity contribution < 1.29 is 13.2 Å². The third-order valence-corrected chi connectivity index (χ3v) is 7.07. The van der Waals surface area contributed by atoms with Gasteiger partial charge in [-0.2, -0.15) is 0 Å². The number of carbonyl (C=O) groups is 1. The smallest absolute Gasteiger partial charge is 0.265 e. The Morgan fingerprint density at radius 1 is 1.12 bits per heavy atom. The van der Waals surface area contributed by atoms with Crippen LogP contribution in [0.1, 0.15) is 22.2 Å². The molecule has 7 heteroatoms. The summed E-state index contributed by atoms with van der Waals surface area (Å²) in [6.45, 7) is 3.60. The van der Waals surface area contributed by atoms with Gasteiger partial charge in [-0.25, -0.2) is 8.42 Å². The standard InChI is InChI=1S/C19H20N2O3S2/c1-4-26(23,24)21(3)16-9-10-17-14(11-16)12-18(25-17)19(22)20-15-7-5-13(2)6-8-15/h5-12H,4H2,1-3H3,(H,20,22). The number of hydrogen-bond donors (Lipinski definition) is 1. The zero-order chi connectivity index (χ0) is 18.9. The van der Waals surface area contributed by atoms with Gasteiger partial charge in [-0.3, -0.25) is 9.10 Å². The molecule has 136 valence electrons. The lowest BCUT2D eigenvalue weighted by molar-refractivity contribution is 0.103. The first-order chi connectivity index (χ1) is 12.3. The van der Waals surface area contributed by atoms with Gasteiger partial charge in [0.25, 0.3) is 5.91 Å². The van der Waals surface area contributed by atoms with Crippen molar-refractivity contribution in [3.05, 3.63) is 59.0 Å². The number of anilines is 2. The first-order valence-corrected chi connectivity index (χ1v) is 10.6. The maximum atomic E-state index is 12.5. The Morgan fingerprint density at radius 2 is 1.81 bits per heavy atom. The van der Waals surface area contributed by atoms with Crippen LogP contribution in [0.2, 0.25) is 0 Å². The highest BCUT2D eigenvalue weighted by Gasteiger charge is 2.17. The number of nitrogens with one attached hydrogen (secondary N) is 1. The van der Waals surface area contributed by atoms with E-state index in [2.05, 4.69) is 5.32 Å². The van der Waals surface area contributed by atoms with Crippen LogP contribution in [0.5, 0.6) is 0 Å². The monoisotopic (exact) mass is 388 g/mol. The molecule has 0 aliphatic rings. The van der Waals surface area contributed by atoms with Crippen LogP contribution in [0, 0.1) is 6.92 Å². The van der Waals surface area contributed by atoms with E-state index < -0.39 is 10.0 Å². The number of fused-ring (bicyclic) bond motifs is 1. The second-order valence-corrected chi connectivity index (χ2v) is 9.39. The summed E-state index contributed by atoms with van der Waals surface area (Å²) in [5.74, 6) is -0.138. The third kappa shape index (κ3) is 3.73. The summed E-state index contributed by atoms with van der Waals surface area (Å²) in [4.78, 5) is 13.1. The third-order valence-electron chi connectivity index (χ3n) is 4.18. The Labute approximate surface area is 157 Å². The fraction of sp³-hybridized carbons (Fsp3) is 0.211. The minimum Gasteiger partial charge on any atom is -0.321 e. The second kappa shape index (κ2) is 7.09. The molecule has 0 saturated carbocycles. The lowest BCUT2D eigenvalue weighted by atomic mass is 10.2. The SMILES string of the molecule is CCS(=O)(=O)N(C)c1ccc2sc(C(=O)Nc3ccc(C)cc3)cc2c1. The topological polar surface area (TPSA) is 66.5 Å². The first-order valence-electron chi connectivity index (χ1n) is 8.18. The van der Waals surface area contributed by atoms with Crippen LogP contribution >= 0.6 is 11.3 Å². The van der Waals surface area contributed by atoms with Crippen molar-refractivity contribution in [1.29, 1.82) is 0 Å². The van der Waals surface area contributed by atoms with E-state index in [9.17, 15) is 13.2 Å². The highest BCUT2D eigenvalue weighted by Crippen LogP contribution is 2.30. The summed E-state index contributed by atoms with van der Waals surface area (Å²) in [5, 5.41) is 3.73. The largest absolute Gasteiger partial charge is 0.321 e. The van der Waals surface area contributed by atoms with Crippen molar-refractivity contribution in [2.24, 2.45) is 0 Å². The zero-order valence-electron chi connectivity index (χ0n) is 14.8. The van der Waals surface area contributed by atoms with Gasteiger partial charge in [0, 0.05) is 17.4 Å². The van der Waals surface area contributed by atoms with E-state index in [4.69, 9.17) is 0 Å². The molecule has 0 spiro atoms. The normalized spacial score (nSPS) is 11.5. The van der Waals surface area contributed by atoms with Crippen LogP contribution in [0.3, 0.4) is 0 Å². The molecule has 1 aromatic heterocycles. The number of carbonyl (C=O) groups excluding carboxylic acids is 1. The van der Waals surface area contributed by atoms with Gasteiger partial charge in [-0.1, -0.05) is 17.7 Å². The average Bonchev–Trinajstić information content (AvgIpc) is 3.06. The van der Waals surface area contributed by atoms with Gasteiger partial charge in [-0.05, 0) is 55.6 Å². The lowest BCUT2D eigenvalue weighted by Crippen LogP contribution is -2.27. The van der Waals surface area contributed by atoms with Crippen molar-refractivity contribution in [3.8, 4) is 0 Å². The van der Waals surface area contributed by atoms with Crippen molar-refractivity contribution in [1.82, 2.24) is 0 Å². The van der Waals surface area contributed by atoms with E-state index in [1.54, 1.807) is 25.1 Å². The molecule has 0 atom stereocenters. The Balaban J connectivity index is 1.87. The number of nitrogens with zero attached hydrogens (tertiary/aromatic N) is 1. The molecule has 0 aliphatic carbocycles. The Morgan fingerprint density at radius 3 is 2.46 bits per heavy atom. The average molecular weight is 389 g/mol. The number of sulfonamides is 1. The van der Waals surface area contributed by atoms with Gasteiger partial charge in [-0.15, -0.1) is 11.3 Å². The van der Waals surface area contributed by atoms with Crippen molar-refractivity contribution in [2.45, 2.75) is 13.8 Å². The van der Waals surface area contributed by atoms with E-state index in [0.29, 0.717) is 10.6 Å². The molecule has 2 aromatic carbocycles. The van der Waals surface area contributed by atoms with Crippen LogP contribution in [-0.4, -0.2) is 27.1 Å². The Kier molecular flexibility index (Phi) is 5.02. The first kappa shape index (κ1) is 18.4. The van der Waals surface area contributed by atoms with E-state index in [1.807, 2.05) is 37.3 Å². The van der Waals surface area contributed by atoms with Crippen LogP contribution in [0.25, 0.3) is 10.1 Å². The molecule has 0 saturated heterocycles. The Hall–Kier alpha value is -2.38. The quantitative estimate of drug-likeness (QED) is 0.711. The van der Waals surface area contributed by atoms with Crippen molar-refractivity contribution in [3.63, 3.8) is 0 Å². The van der Waals surface area contributed by atoms with Gasteiger partial charge in [0.1, 0.15) is 0 Å². The number of rotatable bonds is 5. The molecule has 5 nitrogen and oxygen atoms in total. The number of thiophene rings is 1. The molecular formula is C19H20N2O3S2. The Bertz CT molecular complexity index is 1050. The summed E-state index contributed by atoms with van der Waals surface area (Å²) >= 11 is 1.38. The van der Waals surface area contributed by atoms with Gasteiger partial charge < -0.3 is 5.32 Å². The van der Waals surface area contributed by atoms with E-state index in [-0.39, 0.29) is 11.7 Å². The van der Waals surface area contributed by atoms with Gasteiger partial charge >= 0.3 is 0 Å². The van der Waals surface area contributed by atoms with Crippen molar-refractivity contribution in [2.75, 3.05) is 22.4 Å². The molecule has 1 heterocycles. The molecule has 1 amide bonds. The minimum absolute atomic E-state index is 0.0371. The molecule has 3 rings (SSSR count). The zero-order valence-corrected chi connectivity index (χ0v) is 16.4. The molecule has 0 bridgehead atoms. The fourth-order valence-electron chi connectivity index (χ4n) is 2.52. The summed E-state index contributed by atoms with van der Waals surface area (Å²) < 4.78 is 26.3. The molecule has 0 fully saturated rings. The van der Waals surface area contributed by atoms with E-state index in [0.717, 1.165) is 21.3 Å². The maximum absolute atomic E-state index is 12.5. The summed E-state index contributed by atoms with van der Waals surface area (Å²) in [5.41, 5.74) is 2.46. The molecule has 0 unspecified atom stereocenters. The lowest BCUT2D eigenvalue weighted by Gasteiger charge is -2.18. The highest BCUT2D eigenvalue weighted by atomic mass is 32.2. The number of hydrogen-bond acceptors (Lipinski definition) is 4. The molecule has 1 N–H and O–H groups in total. The molecule has 0 radical (unpaired) electrons. The molecule has 26 heavy (non-hydrogen) atoms. The predicted molar refractivity (Wildman–Crippen MR) is 109 cm³/mol. The number of benzene rings is 2. The molecule has 0 aliphatic heterocycles. The summed E-state index contributed by atoms with van der Waals surface area (Å²) in [6.07, 6.45) is 0. The van der Waals surface area contributed by atoms with Crippen LogP contribution in [0.15, 0.2) is 48.5 Å². The van der Waals surface area contributed by atoms with Crippen molar-refractivity contribution >= 4 is 48.7 Å². The summed E-state index contributed by atoms with van der Waals surface area (Å²) in [7, 11) is -1.78. The van der Waals surface area contributed by atoms with E-state index >= 15 is 0 Å². The van der Waals surface area contributed by atoms with E-state index in [1.165, 1.54) is 22.7 Å². The molecular weight excluding hydrogens is 368 g/mol. The second-order valence-electron chi connectivity index (χ2n) is 6.02. The fourth-order valence-corrected chi connectivity index (χ4v) is 4.28. The predicted octanol–water partition coefficient (Wildman–Crippen LogP) is 4.25. The molecule has 3 aromatic rings. The van der Waals surface area contributed by atoms with Gasteiger partial charge in [0.05, 0.1) is 16.3 Å².